The van der Waals surface area contributed by atoms with Gasteiger partial charge in [-0.15, -0.1) is 0 Å². The highest BCUT2D eigenvalue weighted by Crippen LogP contribution is 2.24. The van der Waals surface area contributed by atoms with Crippen molar-refractivity contribution in [3.05, 3.63) is 58.8 Å². The summed E-state index contributed by atoms with van der Waals surface area (Å²) in [5.41, 5.74) is 4.15. The number of likely N-dealkylation sites (tertiary alicyclic amines) is 1. The second-order valence-corrected chi connectivity index (χ2v) is 9.68. The van der Waals surface area contributed by atoms with Crippen LogP contribution in [-0.4, -0.2) is 76.1 Å². The topological polar surface area (TPSA) is 97.8 Å². The lowest BCUT2D eigenvalue weighted by Crippen LogP contribution is -2.51. The van der Waals surface area contributed by atoms with Crippen LogP contribution in [0.5, 0.6) is 0 Å². The summed E-state index contributed by atoms with van der Waals surface area (Å²) < 4.78 is 0. The maximum Gasteiger partial charge on any atom is 0.254 e. The number of fused-ring (bicyclic) bond motifs is 2. The fourth-order valence-corrected chi connectivity index (χ4v) is 5.31. The molecule has 3 aliphatic heterocycles. The Morgan fingerprint density at radius 3 is 2.74 bits per heavy atom. The molecular formula is C26H33N5O3. The molecule has 1 saturated heterocycles. The Morgan fingerprint density at radius 2 is 1.97 bits per heavy atom. The molecule has 5 rings (SSSR count). The Bertz CT molecular complexity index is 1070. The molecule has 1 aromatic carbocycles. The first kappa shape index (κ1) is 22.8. The lowest BCUT2D eigenvalue weighted by Gasteiger charge is -2.35. The van der Waals surface area contributed by atoms with Crippen LogP contribution in [0.1, 0.15) is 46.8 Å². The summed E-state index contributed by atoms with van der Waals surface area (Å²) >= 11 is 0. The van der Waals surface area contributed by atoms with Gasteiger partial charge in [0.1, 0.15) is 5.82 Å². The van der Waals surface area contributed by atoms with Crippen LogP contribution >= 0.6 is 0 Å². The van der Waals surface area contributed by atoms with Crippen molar-refractivity contribution < 1.29 is 14.7 Å². The van der Waals surface area contributed by atoms with Gasteiger partial charge < -0.3 is 25.5 Å². The largest absolute Gasteiger partial charge is 0.390 e. The number of hydrogen-bond acceptors (Lipinski definition) is 6. The van der Waals surface area contributed by atoms with Gasteiger partial charge in [-0.3, -0.25) is 9.59 Å². The van der Waals surface area contributed by atoms with E-state index in [1.807, 2.05) is 23.1 Å². The number of hydrogen-bond donors (Lipinski definition) is 3. The van der Waals surface area contributed by atoms with Crippen LogP contribution in [0.2, 0.25) is 0 Å². The van der Waals surface area contributed by atoms with Gasteiger partial charge in [-0.1, -0.05) is 24.3 Å². The summed E-state index contributed by atoms with van der Waals surface area (Å²) in [4.78, 5) is 33.0. The molecule has 0 spiro atoms. The van der Waals surface area contributed by atoms with Gasteiger partial charge in [-0.05, 0) is 48.4 Å². The standard InChI is InChI=1S/C26H33N5O3/c1-17(32)30-10-7-21(8-11-30)29-25-13-22-20(15-28-25)6-9-31(26(22)34)16-24(33)23-12-18-4-2-3-5-19(18)14-27-23/h2-5,13,15,21,23-24,27,33H,6-12,14,16H2,1H3,(H,28,29). The molecule has 4 heterocycles. The number of aromatic nitrogens is 1. The summed E-state index contributed by atoms with van der Waals surface area (Å²) in [5.74, 6) is 0.764. The zero-order chi connectivity index (χ0) is 23.7. The van der Waals surface area contributed by atoms with Crippen molar-refractivity contribution in [2.45, 2.75) is 57.3 Å². The van der Waals surface area contributed by atoms with E-state index in [2.05, 4.69) is 27.8 Å². The number of rotatable bonds is 5. The summed E-state index contributed by atoms with van der Waals surface area (Å²) in [7, 11) is 0. The minimum Gasteiger partial charge on any atom is -0.390 e. The Labute approximate surface area is 200 Å². The van der Waals surface area contributed by atoms with Gasteiger partial charge in [0.2, 0.25) is 5.91 Å². The summed E-state index contributed by atoms with van der Waals surface area (Å²) in [6.07, 6.45) is 4.39. The van der Waals surface area contributed by atoms with Crippen LogP contribution in [0, 0.1) is 0 Å². The monoisotopic (exact) mass is 463 g/mol. The van der Waals surface area contributed by atoms with Crippen molar-refractivity contribution in [3.8, 4) is 0 Å². The van der Waals surface area contributed by atoms with Crippen LogP contribution in [0.3, 0.4) is 0 Å². The Hall–Kier alpha value is -2.97. The average molecular weight is 464 g/mol. The van der Waals surface area contributed by atoms with Crippen molar-refractivity contribution in [3.63, 3.8) is 0 Å². The number of nitrogens with zero attached hydrogens (tertiary/aromatic N) is 3. The molecule has 2 atom stereocenters. The number of β-amino-alcohol motifs (C(OH)–C–C–N with tert-alkyl or cyclic N) is 1. The molecule has 1 aromatic heterocycles. The van der Waals surface area contributed by atoms with E-state index in [4.69, 9.17) is 0 Å². The molecule has 0 aliphatic carbocycles. The first-order chi connectivity index (χ1) is 16.5. The number of aliphatic hydroxyl groups is 1. The van der Waals surface area contributed by atoms with Crippen LogP contribution in [0.4, 0.5) is 5.82 Å². The van der Waals surface area contributed by atoms with Gasteiger partial charge in [0.25, 0.3) is 5.91 Å². The predicted octanol–water partition coefficient (Wildman–Crippen LogP) is 1.58. The third-order valence-electron chi connectivity index (χ3n) is 7.43. The molecule has 2 unspecified atom stereocenters. The van der Waals surface area contributed by atoms with Gasteiger partial charge in [-0.2, -0.15) is 0 Å². The number of pyridine rings is 1. The fraction of sp³-hybridized carbons (Fsp3) is 0.500. The van der Waals surface area contributed by atoms with Crippen LogP contribution < -0.4 is 10.6 Å². The molecule has 8 heteroatoms. The molecule has 0 saturated carbocycles. The predicted molar refractivity (Wildman–Crippen MR) is 130 cm³/mol. The number of benzene rings is 1. The van der Waals surface area contributed by atoms with Gasteiger partial charge in [0, 0.05) is 63.5 Å². The SMILES string of the molecule is CC(=O)N1CCC(Nc2cc3c(cn2)CCN(CC(O)C2Cc4ccccc4CN2)C3=O)CC1. The second-order valence-electron chi connectivity index (χ2n) is 9.68. The van der Waals surface area contributed by atoms with Gasteiger partial charge in [0.15, 0.2) is 0 Å². The minimum atomic E-state index is -0.634. The smallest absolute Gasteiger partial charge is 0.254 e. The van der Waals surface area contributed by atoms with E-state index in [1.54, 1.807) is 18.0 Å². The molecule has 3 aliphatic rings. The molecule has 3 N–H and O–H groups in total. The highest BCUT2D eigenvalue weighted by molar-refractivity contribution is 5.97. The number of carbonyl (C=O) groups is 2. The third-order valence-corrected chi connectivity index (χ3v) is 7.43. The fourth-order valence-electron chi connectivity index (χ4n) is 5.31. The molecule has 0 radical (unpaired) electrons. The summed E-state index contributed by atoms with van der Waals surface area (Å²) in [5, 5.41) is 17.8. The Kier molecular flexibility index (Phi) is 6.52. The highest BCUT2D eigenvalue weighted by Gasteiger charge is 2.31. The first-order valence-corrected chi connectivity index (χ1v) is 12.3. The van der Waals surface area contributed by atoms with Crippen LogP contribution in [-0.2, 0) is 24.2 Å². The van der Waals surface area contributed by atoms with E-state index in [1.165, 1.54) is 11.1 Å². The second kappa shape index (κ2) is 9.72. The normalized spacial score (nSPS) is 21.6. The van der Waals surface area contributed by atoms with E-state index in [0.29, 0.717) is 24.5 Å². The van der Waals surface area contributed by atoms with Crippen molar-refractivity contribution in [1.29, 1.82) is 0 Å². The number of amides is 2. The van der Waals surface area contributed by atoms with E-state index in [0.717, 1.165) is 50.9 Å². The highest BCUT2D eigenvalue weighted by atomic mass is 16.3. The number of nitrogens with one attached hydrogen (secondary N) is 2. The molecule has 8 nitrogen and oxygen atoms in total. The Balaban J connectivity index is 1.21. The molecule has 2 aromatic rings. The minimum absolute atomic E-state index is 0.0478. The van der Waals surface area contributed by atoms with E-state index in [9.17, 15) is 14.7 Å². The van der Waals surface area contributed by atoms with Crippen molar-refractivity contribution in [1.82, 2.24) is 20.1 Å². The average Bonchev–Trinajstić information content (AvgIpc) is 2.86. The number of aliphatic hydroxyl groups excluding tert-OH is 1. The third kappa shape index (κ3) is 4.79. The van der Waals surface area contributed by atoms with Gasteiger partial charge >= 0.3 is 0 Å². The summed E-state index contributed by atoms with van der Waals surface area (Å²) in [6, 6.07) is 10.3. The lowest BCUT2D eigenvalue weighted by atomic mass is 9.92. The maximum atomic E-state index is 13.3. The number of piperidine rings is 1. The molecule has 34 heavy (non-hydrogen) atoms. The quantitative estimate of drug-likeness (QED) is 0.623. The van der Waals surface area contributed by atoms with E-state index >= 15 is 0 Å². The van der Waals surface area contributed by atoms with Crippen LogP contribution in [0.15, 0.2) is 36.5 Å². The first-order valence-electron chi connectivity index (χ1n) is 12.3. The molecular weight excluding hydrogens is 430 g/mol. The number of anilines is 1. The molecule has 1 fully saturated rings. The maximum absolute atomic E-state index is 13.3. The summed E-state index contributed by atoms with van der Waals surface area (Å²) in [6.45, 7) is 4.72. The van der Waals surface area contributed by atoms with Crippen molar-refractivity contribution in [2.75, 3.05) is 31.5 Å². The lowest BCUT2D eigenvalue weighted by molar-refractivity contribution is -0.129. The Morgan fingerprint density at radius 1 is 1.21 bits per heavy atom. The van der Waals surface area contributed by atoms with Gasteiger partial charge in [0.05, 0.1) is 6.10 Å². The number of carbonyl (C=O) groups excluding carboxylic acids is 2. The van der Waals surface area contributed by atoms with E-state index in [-0.39, 0.29) is 23.9 Å². The van der Waals surface area contributed by atoms with Gasteiger partial charge in [-0.25, -0.2) is 4.98 Å². The van der Waals surface area contributed by atoms with Crippen molar-refractivity contribution >= 4 is 17.6 Å². The molecule has 180 valence electrons. The van der Waals surface area contributed by atoms with Crippen LogP contribution in [0.25, 0.3) is 0 Å². The zero-order valence-corrected chi connectivity index (χ0v) is 19.7. The van der Waals surface area contributed by atoms with E-state index < -0.39 is 6.10 Å². The zero-order valence-electron chi connectivity index (χ0n) is 19.7. The molecule has 0 bridgehead atoms. The molecule has 2 amide bonds. The van der Waals surface area contributed by atoms with Crippen molar-refractivity contribution in [2.24, 2.45) is 0 Å².